The van der Waals surface area contributed by atoms with Crippen LogP contribution in [0.3, 0.4) is 0 Å². The van der Waals surface area contributed by atoms with Crippen molar-refractivity contribution in [3.05, 3.63) is 93.2 Å². The largest absolute Gasteiger partial charge is 0.496 e. The van der Waals surface area contributed by atoms with Crippen LogP contribution in [-0.2, 0) is 4.79 Å². The Morgan fingerprint density at radius 2 is 1.88 bits per heavy atom. The highest BCUT2D eigenvalue weighted by Gasteiger charge is 2.16. The smallest absolute Gasteiger partial charge is 0.289 e. The monoisotopic (exact) mass is 476 g/mol. The summed E-state index contributed by atoms with van der Waals surface area (Å²) in [5.74, 6) is 0.114. The Morgan fingerprint density at radius 1 is 1.15 bits per heavy atom. The van der Waals surface area contributed by atoms with Crippen LogP contribution in [0.5, 0.6) is 5.75 Å². The van der Waals surface area contributed by atoms with Crippen molar-refractivity contribution in [2.45, 2.75) is 13.8 Å². The van der Waals surface area contributed by atoms with E-state index < -0.39 is 10.8 Å². The minimum absolute atomic E-state index is 0.00254. The fourth-order valence-corrected chi connectivity index (χ4v) is 3.86. The second kappa shape index (κ2) is 9.41. The number of nitro groups is 1. The van der Waals surface area contributed by atoms with Crippen LogP contribution in [0.15, 0.2) is 71.4 Å². The van der Waals surface area contributed by atoms with Crippen molar-refractivity contribution >= 4 is 45.4 Å². The molecular weight excluding hydrogens is 456 g/mol. The van der Waals surface area contributed by atoms with E-state index in [0.29, 0.717) is 16.9 Å². The summed E-state index contributed by atoms with van der Waals surface area (Å²) in [6.07, 6.45) is 3.12. The molecule has 0 bridgehead atoms. The summed E-state index contributed by atoms with van der Waals surface area (Å²) >= 11 is 5.84. The summed E-state index contributed by atoms with van der Waals surface area (Å²) in [6, 6.07) is 16.0. The quantitative estimate of drug-likeness (QED) is 0.183. The van der Waals surface area contributed by atoms with Gasteiger partial charge in [-0.1, -0.05) is 41.4 Å². The maximum atomic E-state index is 12.6. The van der Waals surface area contributed by atoms with Gasteiger partial charge >= 0.3 is 0 Å². The summed E-state index contributed by atoms with van der Waals surface area (Å²) in [7, 11) is 1.55. The van der Waals surface area contributed by atoms with Crippen molar-refractivity contribution in [3.63, 3.8) is 0 Å². The number of halogens is 1. The van der Waals surface area contributed by atoms with Crippen molar-refractivity contribution in [1.29, 1.82) is 0 Å². The normalized spacial score (nSPS) is 11.5. The van der Waals surface area contributed by atoms with Gasteiger partial charge in [-0.15, -0.1) is 0 Å². The molecule has 0 aliphatic rings. The molecule has 0 saturated carbocycles. The Bertz CT molecular complexity index is 1440. The number of hydrogen-bond donors (Lipinski definition) is 1. The zero-order valence-corrected chi connectivity index (χ0v) is 19.5. The third-order valence-corrected chi connectivity index (χ3v) is 5.76. The highest BCUT2D eigenvalue weighted by atomic mass is 35.5. The number of amides is 1. The second-order valence-electron chi connectivity index (χ2n) is 7.80. The third-order valence-electron chi connectivity index (χ3n) is 5.44. The van der Waals surface area contributed by atoms with Crippen molar-refractivity contribution < 1.29 is 18.9 Å². The van der Waals surface area contributed by atoms with Gasteiger partial charge in [-0.25, -0.2) is 0 Å². The first-order valence-electron chi connectivity index (χ1n) is 10.4. The number of nitro benzene ring substituents is 1. The molecule has 4 aromatic rings. The minimum atomic E-state index is -0.601. The summed E-state index contributed by atoms with van der Waals surface area (Å²) in [5.41, 5.74) is 5.14. The molecule has 8 heteroatoms. The molecule has 0 spiro atoms. The lowest BCUT2D eigenvalue weighted by atomic mass is 9.99. The van der Waals surface area contributed by atoms with E-state index in [2.05, 4.69) is 5.32 Å². The lowest BCUT2D eigenvalue weighted by Crippen LogP contribution is -2.09. The van der Waals surface area contributed by atoms with Crippen molar-refractivity contribution in [2.75, 3.05) is 12.4 Å². The number of ether oxygens (including phenoxy) is 1. The number of rotatable bonds is 6. The molecule has 1 N–H and O–H groups in total. The molecule has 0 aliphatic carbocycles. The van der Waals surface area contributed by atoms with Gasteiger partial charge in [0.05, 0.1) is 18.3 Å². The maximum Gasteiger partial charge on any atom is 0.289 e. The Balaban J connectivity index is 1.68. The first-order chi connectivity index (χ1) is 16.3. The molecule has 0 radical (unpaired) electrons. The second-order valence-corrected chi connectivity index (χ2v) is 8.21. The number of nitrogens with one attached hydrogen (secondary N) is 1. The summed E-state index contributed by atoms with van der Waals surface area (Å²) < 4.78 is 11.3. The highest BCUT2D eigenvalue weighted by Crippen LogP contribution is 2.37. The van der Waals surface area contributed by atoms with E-state index in [1.807, 2.05) is 37.3 Å². The Kier molecular flexibility index (Phi) is 6.38. The zero-order chi connectivity index (χ0) is 24.4. The lowest BCUT2D eigenvalue weighted by molar-refractivity contribution is -0.384. The number of carbonyl (C=O) groups is 1. The molecule has 0 fully saturated rings. The average molecular weight is 477 g/mol. The topological polar surface area (TPSA) is 94.6 Å². The molecule has 0 saturated heterocycles. The summed E-state index contributed by atoms with van der Waals surface area (Å²) in [6.45, 7) is 3.82. The molecule has 7 nitrogen and oxygen atoms in total. The van der Waals surface area contributed by atoms with Crippen LogP contribution in [-0.4, -0.2) is 17.9 Å². The van der Waals surface area contributed by atoms with E-state index in [1.165, 1.54) is 24.3 Å². The maximum absolute atomic E-state index is 12.6. The molecule has 1 amide bonds. The van der Waals surface area contributed by atoms with Crippen LogP contribution in [0.25, 0.3) is 27.7 Å². The zero-order valence-electron chi connectivity index (χ0n) is 18.7. The number of allylic oxidation sites excluding steroid dienone is 1. The van der Waals surface area contributed by atoms with Gasteiger partial charge in [0.1, 0.15) is 16.4 Å². The fourth-order valence-electron chi connectivity index (χ4n) is 3.67. The van der Waals surface area contributed by atoms with Crippen LogP contribution in [0.1, 0.15) is 18.1 Å². The van der Waals surface area contributed by atoms with Gasteiger partial charge in [0.25, 0.3) is 5.69 Å². The Labute approximate surface area is 200 Å². The van der Waals surface area contributed by atoms with E-state index in [-0.39, 0.29) is 16.4 Å². The minimum Gasteiger partial charge on any atom is -0.496 e. The van der Waals surface area contributed by atoms with Gasteiger partial charge < -0.3 is 14.5 Å². The molecule has 0 atom stereocenters. The van der Waals surface area contributed by atoms with E-state index in [9.17, 15) is 14.9 Å². The fraction of sp³-hybridized carbons (Fsp3) is 0.115. The van der Waals surface area contributed by atoms with E-state index in [4.69, 9.17) is 20.8 Å². The number of fused-ring (bicyclic) bond motifs is 1. The number of aryl methyl sites for hydroxylation is 1. The molecule has 4 rings (SSSR count). The number of carbonyl (C=O) groups excluding carboxylic acids is 1. The van der Waals surface area contributed by atoms with Crippen molar-refractivity contribution in [2.24, 2.45) is 0 Å². The SMILES string of the molecule is COc1cc2occ(-c3ccc(C)cc3)c2cc1/C(C)=C/C(=O)Nc1ccc(Cl)c([N+](=O)[O-])c1. The number of nitrogens with zero attached hydrogens (tertiary/aromatic N) is 1. The molecule has 1 heterocycles. The first kappa shape index (κ1) is 23.1. The number of anilines is 1. The van der Waals surface area contributed by atoms with Crippen LogP contribution in [0, 0.1) is 17.0 Å². The predicted molar refractivity (Wildman–Crippen MR) is 133 cm³/mol. The lowest BCUT2D eigenvalue weighted by Gasteiger charge is -2.10. The van der Waals surface area contributed by atoms with Gasteiger partial charge in [-0.2, -0.15) is 0 Å². The number of benzene rings is 3. The molecule has 172 valence electrons. The summed E-state index contributed by atoms with van der Waals surface area (Å²) in [4.78, 5) is 23.1. The standard InChI is InChI=1S/C26H21ClN2O5/c1-15-4-6-17(7-5-15)21-14-34-25-13-24(33-3)19(12-20(21)25)16(2)10-26(30)28-18-8-9-22(27)23(11-18)29(31)32/h4-14H,1-3H3,(H,28,30)/b16-10+. The van der Waals surface area contributed by atoms with Gasteiger partial charge in [0.2, 0.25) is 5.91 Å². The molecular formula is C26H21ClN2O5. The van der Waals surface area contributed by atoms with Gasteiger partial charge in [0, 0.05) is 40.4 Å². The van der Waals surface area contributed by atoms with E-state index >= 15 is 0 Å². The molecule has 1 aromatic heterocycles. The van der Waals surface area contributed by atoms with Crippen LogP contribution >= 0.6 is 11.6 Å². The number of furan rings is 1. The van der Waals surface area contributed by atoms with Crippen LogP contribution < -0.4 is 10.1 Å². The number of methoxy groups -OCH3 is 1. The average Bonchev–Trinajstić information content (AvgIpc) is 3.22. The summed E-state index contributed by atoms with van der Waals surface area (Å²) in [5, 5.41) is 14.6. The van der Waals surface area contributed by atoms with Gasteiger partial charge in [-0.3, -0.25) is 14.9 Å². The van der Waals surface area contributed by atoms with Crippen molar-refractivity contribution in [1.82, 2.24) is 0 Å². The van der Waals surface area contributed by atoms with Gasteiger partial charge in [-0.05, 0) is 43.2 Å². The predicted octanol–water partition coefficient (Wildman–Crippen LogP) is 7.02. The van der Waals surface area contributed by atoms with Crippen LogP contribution in [0.2, 0.25) is 5.02 Å². The van der Waals surface area contributed by atoms with Crippen LogP contribution in [0.4, 0.5) is 11.4 Å². The van der Waals surface area contributed by atoms with Crippen molar-refractivity contribution in [3.8, 4) is 16.9 Å². The first-order valence-corrected chi connectivity index (χ1v) is 10.7. The molecule has 34 heavy (non-hydrogen) atoms. The molecule has 0 unspecified atom stereocenters. The van der Waals surface area contributed by atoms with E-state index in [0.717, 1.165) is 27.6 Å². The molecule has 3 aromatic carbocycles. The van der Waals surface area contributed by atoms with Gasteiger partial charge in [0.15, 0.2) is 0 Å². The number of hydrogen-bond acceptors (Lipinski definition) is 5. The van der Waals surface area contributed by atoms with E-state index in [1.54, 1.807) is 26.4 Å². The molecule has 0 aliphatic heterocycles. The Morgan fingerprint density at radius 3 is 2.56 bits per heavy atom. The highest BCUT2D eigenvalue weighted by molar-refractivity contribution is 6.32. The Hall–Kier alpha value is -4.10. The third kappa shape index (κ3) is 4.65.